The maximum Gasteiger partial charge on any atom is 0.290 e. The minimum atomic E-state index is -0.603. The van der Waals surface area contributed by atoms with Crippen LogP contribution in [0.5, 0.6) is 0 Å². The molecule has 158 valence electrons. The molecule has 30 heavy (non-hydrogen) atoms. The third-order valence-corrected chi connectivity index (χ3v) is 6.80. The van der Waals surface area contributed by atoms with Crippen LogP contribution in [0, 0.1) is 0 Å². The normalized spacial score (nSPS) is 20.2. The third-order valence-electron chi connectivity index (χ3n) is 5.43. The van der Waals surface area contributed by atoms with Crippen LogP contribution >= 0.6 is 27.3 Å². The van der Waals surface area contributed by atoms with Gasteiger partial charge in [-0.3, -0.25) is 14.5 Å². The molecular weight excluding hydrogens is 468 g/mol. The van der Waals surface area contributed by atoms with Gasteiger partial charge in [0.15, 0.2) is 5.76 Å². The fourth-order valence-electron chi connectivity index (χ4n) is 3.97. The molecule has 1 aromatic carbocycles. The molecule has 0 radical (unpaired) electrons. The average Bonchev–Trinajstić information content (AvgIpc) is 3.37. The lowest BCUT2D eigenvalue weighted by Crippen LogP contribution is -2.39. The van der Waals surface area contributed by atoms with Gasteiger partial charge >= 0.3 is 0 Å². The number of halogens is 1. The number of aliphatic hydroxyl groups excluding tert-OH is 1. The van der Waals surface area contributed by atoms with E-state index in [1.165, 1.54) is 11.3 Å². The van der Waals surface area contributed by atoms with Gasteiger partial charge in [-0.25, -0.2) is 0 Å². The summed E-state index contributed by atoms with van der Waals surface area (Å²) in [5.41, 5.74) is 0.958. The topological polar surface area (TPSA) is 70.1 Å². The van der Waals surface area contributed by atoms with Crippen molar-refractivity contribution >= 4 is 39.0 Å². The van der Waals surface area contributed by atoms with Gasteiger partial charge < -0.3 is 14.7 Å². The molecule has 2 aliphatic heterocycles. The van der Waals surface area contributed by atoms with Crippen LogP contribution in [0.2, 0.25) is 0 Å². The number of Topliss-reactive ketones (excluding diaryl/α,β-unsaturated/α-hetero) is 1. The van der Waals surface area contributed by atoms with Crippen LogP contribution in [-0.4, -0.2) is 66.0 Å². The van der Waals surface area contributed by atoms with E-state index in [9.17, 15) is 14.7 Å². The number of aliphatic hydroxyl groups is 1. The Hall–Kier alpha value is -2.00. The Balaban J connectivity index is 1.60. The molecule has 0 aliphatic carbocycles. The van der Waals surface area contributed by atoms with Gasteiger partial charge in [0, 0.05) is 30.7 Å². The van der Waals surface area contributed by atoms with Crippen molar-refractivity contribution in [3.8, 4) is 0 Å². The lowest BCUT2D eigenvalue weighted by molar-refractivity contribution is -0.129. The lowest BCUT2D eigenvalue weighted by atomic mass is 9.95. The van der Waals surface area contributed by atoms with Crippen molar-refractivity contribution in [2.24, 2.45) is 0 Å². The molecule has 2 aromatic rings. The first-order valence-corrected chi connectivity index (χ1v) is 11.6. The van der Waals surface area contributed by atoms with Crippen molar-refractivity contribution in [3.63, 3.8) is 0 Å². The zero-order chi connectivity index (χ0) is 21.1. The Morgan fingerprint density at radius 3 is 2.70 bits per heavy atom. The monoisotopic (exact) mass is 490 g/mol. The van der Waals surface area contributed by atoms with E-state index in [2.05, 4.69) is 20.8 Å². The molecule has 4 rings (SSSR count). The fraction of sp³-hybridized carbons (Fsp3) is 0.364. The highest BCUT2D eigenvalue weighted by molar-refractivity contribution is 9.10. The van der Waals surface area contributed by atoms with Crippen molar-refractivity contribution in [1.29, 1.82) is 0 Å². The van der Waals surface area contributed by atoms with Crippen molar-refractivity contribution in [3.05, 3.63) is 68.0 Å². The second-order valence-electron chi connectivity index (χ2n) is 7.33. The van der Waals surface area contributed by atoms with E-state index in [0.717, 1.165) is 49.3 Å². The molecular formula is C22H23BrN2O4S. The van der Waals surface area contributed by atoms with Gasteiger partial charge in [0.1, 0.15) is 0 Å². The number of rotatable bonds is 7. The smallest absolute Gasteiger partial charge is 0.290 e. The standard InChI is InChI=1S/C22H23BrN2O4S/c23-16-5-1-4-15(14-16)19-18(20(26)17-6-2-13-30-17)21(27)22(28)25(19)8-3-7-24-9-11-29-12-10-24/h1-2,4-6,13-14,19,27H,3,7-12H2/t19-/m1/s1. The number of ketones is 1. The highest BCUT2D eigenvalue weighted by Gasteiger charge is 2.43. The summed E-state index contributed by atoms with van der Waals surface area (Å²) < 4.78 is 6.24. The van der Waals surface area contributed by atoms with Crippen LogP contribution in [0.4, 0.5) is 0 Å². The van der Waals surface area contributed by atoms with Gasteiger partial charge in [-0.05, 0) is 35.6 Å². The van der Waals surface area contributed by atoms with E-state index in [1.54, 1.807) is 17.0 Å². The van der Waals surface area contributed by atoms with Crippen molar-refractivity contribution in [2.45, 2.75) is 12.5 Å². The second kappa shape index (κ2) is 9.43. The summed E-state index contributed by atoms with van der Waals surface area (Å²) in [7, 11) is 0. The number of nitrogens with zero attached hydrogens (tertiary/aromatic N) is 2. The number of thiophene rings is 1. The lowest BCUT2D eigenvalue weighted by Gasteiger charge is -2.30. The van der Waals surface area contributed by atoms with E-state index in [4.69, 9.17) is 4.74 Å². The Labute approximate surface area is 187 Å². The molecule has 1 atom stereocenters. The van der Waals surface area contributed by atoms with Crippen molar-refractivity contribution < 1.29 is 19.4 Å². The fourth-order valence-corrected chi connectivity index (χ4v) is 5.06. The molecule has 0 saturated carbocycles. The predicted octanol–water partition coefficient (Wildman–Crippen LogP) is 3.81. The van der Waals surface area contributed by atoms with Gasteiger partial charge in [0.25, 0.3) is 5.91 Å². The molecule has 0 unspecified atom stereocenters. The summed E-state index contributed by atoms with van der Waals surface area (Å²) in [4.78, 5) is 30.6. The number of morpholine rings is 1. The molecule has 1 aromatic heterocycles. The van der Waals surface area contributed by atoms with E-state index in [0.29, 0.717) is 11.4 Å². The zero-order valence-electron chi connectivity index (χ0n) is 16.4. The van der Waals surface area contributed by atoms with Gasteiger partial charge in [0.2, 0.25) is 5.78 Å². The van der Waals surface area contributed by atoms with Crippen LogP contribution in [0.25, 0.3) is 0 Å². The van der Waals surface area contributed by atoms with E-state index in [-0.39, 0.29) is 11.4 Å². The number of hydrogen-bond acceptors (Lipinski definition) is 6. The highest BCUT2D eigenvalue weighted by Crippen LogP contribution is 2.40. The maximum absolute atomic E-state index is 13.2. The number of ether oxygens (including phenoxy) is 1. The molecule has 1 amide bonds. The van der Waals surface area contributed by atoms with Gasteiger partial charge in [0.05, 0.1) is 29.7 Å². The summed E-state index contributed by atoms with van der Waals surface area (Å²) in [5, 5.41) is 12.5. The Bertz CT molecular complexity index is 954. The predicted molar refractivity (Wildman–Crippen MR) is 119 cm³/mol. The van der Waals surface area contributed by atoms with Gasteiger partial charge in [-0.15, -0.1) is 11.3 Å². The minimum absolute atomic E-state index is 0.159. The quantitative estimate of drug-likeness (QED) is 0.597. The number of carbonyl (C=O) groups is 2. The van der Waals surface area contributed by atoms with E-state index in [1.807, 2.05) is 29.6 Å². The summed E-state index contributed by atoms with van der Waals surface area (Å²) >= 11 is 4.78. The molecule has 1 N–H and O–H groups in total. The first-order valence-electron chi connectivity index (χ1n) is 9.94. The first kappa shape index (κ1) is 21.2. The molecule has 0 bridgehead atoms. The molecule has 2 aliphatic rings. The van der Waals surface area contributed by atoms with Crippen molar-refractivity contribution in [1.82, 2.24) is 9.80 Å². The summed E-state index contributed by atoms with van der Waals surface area (Å²) in [5.74, 6) is -1.22. The number of hydrogen-bond donors (Lipinski definition) is 1. The average molecular weight is 491 g/mol. The third kappa shape index (κ3) is 4.37. The van der Waals surface area contributed by atoms with Crippen molar-refractivity contribution in [2.75, 3.05) is 39.4 Å². The Morgan fingerprint density at radius 2 is 2.00 bits per heavy atom. The zero-order valence-corrected chi connectivity index (χ0v) is 18.8. The summed E-state index contributed by atoms with van der Waals surface area (Å²) in [6, 6.07) is 10.5. The molecule has 6 nitrogen and oxygen atoms in total. The minimum Gasteiger partial charge on any atom is -0.503 e. The number of amides is 1. The first-order chi connectivity index (χ1) is 14.6. The summed E-state index contributed by atoms with van der Waals surface area (Å²) in [6.07, 6.45) is 0.754. The molecule has 1 saturated heterocycles. The van der Waals surface area contributed by atoms with Crippen LogP contribution in [0.15, 0.2) is 57.6 Å². The second-order valence-corrected chi connectivity index (χ2v) is 9.20. The highest BCUT2D eigenvalue weighted by atomic mass is 79.9. The number of benzene rings is 1. The molecule has 1 fully saturated rings. The van der Waals surface area contributed by atoms with Crippen LogP contribution in [-0.2, 0) is 9.53 Å². The van der Waals surface area contributed by atoms with E-state index < -0.39 is 17.7 Å². The Kier molecular flexibility index (Phi) is 6.67. The number of carbonyl (C=O) groups excluding carboxylic acids is 2. The van der Waals surface area contributed by atoms with Gasteiger partial charge in [-0.1, -0.05) is 34.1 Å². The van der Waals surface area contributed by atoms with Crippen LogP contribution in [0.1, 0.15) is 27.7 Å². The Morgan fingerprint density at radius 1 is 1.20 bits per heavy atom. The molecule has 3 heterocycles. The maximum atomic E-state index is 13.2. The summed E-state index contributed by atoms with van der Waals surface area (Å²) in [6.45, 7) is 4.52. The molecule has 0 spiro atoms. The van der Waals surface area contributed by atoms with Crippen LogP contribution < -0.4 is 0 Å². The SMILES string of the molecule is O=C(C1=C(O)C(=O)N(CCCN2CCOCC2)[C@@H]1c1cccc(Br)c1)c1cccs1. The largest absolute Gasteiger partial charge is 0.503 e. The van der Waals surface area contributed by atoms with Gasteiger partial charge in [-0.2, -0.15) is 0 Å². The molecule has 8 heteroatoms. The van der Waals surface area contributed by atoms with Crippen LogP contribution in [0.3, 0.4) is 0 Å². The van der Waals surface area contributed by atoms with E-state index >= 15 is 0 Å².